The molecule has 0 saturated heterocycles. The summed E-state index contributed by atoms with van der Waals surface area (Å²) in [6, 6.07) is 0. The van der Waals surface area contributed by atoms with Crippen molar-refractivity contribution in [1.82, 2.24) is 0 Å². The van der Waals surface area contributed by atoms with Gasteiger partial charge < -0.3 is 15.0 Å². The first-order valence-corrected chi connectivity index (χ1v) is 4.67. The summed E-state index contributed by atoms with van der Waals surface area (Å²) in [5, 5.41) is 0. The number of primary amides is 1. The Morgan fingerprint density at radius 2 is 2.17 bits per heavy atom. The fourth-order valence-corrected chi connectivity index (χ4v) is 1.32. The number of rotatable bonds is 4. The van der Waals surface area contributed by atoms with Crippen LogP contribution in [0.4, 0.5) is 4.79 Å². The monoisotopic (exact) mass is 195 g/mol. The highest BCUT2D eigenvalue weighted by Crippen LogP contribution is 2.14. The molecule has 6 heteroatoms. The molecule has 72 valence electrons. The van der Waals surface area contributed by atoms with Crippen LogP contribution in [-0.4, -0.2) is 26.2 Å². The smallest absolute Gasteiger partial charge is 0.405 e. The minimum Gasteiger partial charge on any atom is -0.444 e. The Bertz CT molecular complexity index is 192. The second-order valence-corrected chi connectivity index (χ2v) is 4.01. The summed E-state index contributed by atoms with van der Waals surface area (Å²) in [7, 11) is 0. The number of ether oxygens (including phenoxy) is 1. The van der Waals surface area contributed by atoms with Crippen LogP contribution in [0.5, 0.6) is 0 Å². The molecular weight excluding hydrogens is 182 g/mol. The van der Waals surface area contributed by atoms with E-state index in [0.29, 0.717) is 6.42 Å². The lowest BCUT2D eigenvalue weighted by Gasteiger charge is -2.22. The molecule has 0 rings (SSSR count). The van der Waals surface area contributed by atoms with E-state index < -0.39 is 22.8 Å². The first kappa shape index (κ1) is 11.4. The summed E-state index contributed by atoms with van der Waals surface area (Å²) < 4.78 is 23.4. The zero-order valence-electron chi connectivity index (χ0n) is 7.07. The Morgan fingerprint density at radius 3 is 2.50 bits per heavy atom. The van der Waals surface area contributed by atoms with Crippen molar-refractivity contribution >= 4 is 17.2 Å². The molecule has 5 nitrogen and oxygen atoms in total. The maximum absolute atomic E-state index is 10.3. The molecule has 0 fully saturated rings. The molecule has 0 aromatic heterocycles. The predicted octanol–water partition coefficient (Wildman–Crippen LogP) is 0.472. The summed E-state index contributed by atoms with van der Waals surface area (Å²) >= 11 is -1.86. The SMILES string of the molecule is CC(C)(CCS(=O)O)OC(N)=O. The highest BCUT2D eigenvalue weighted by atomic mass is 32.2. The molecule has 0 spiro atoms. The minimum atomic E-state index is -1.86. The molecule has 12 heavy (non-hydrogen) atoms. The molecule has 0 aromatic rings. The third-order valence-corrected chi connectivity index (χ3v) is 1.81. The summed E-state index contributed by atoms with van der Waals surface area (Å²) in [5.74, 6) is 0.0697. The van der Waals surface area contributed by atoms with Crippen LogP contribution in [0.25, 0.3) is 0 Å². The van der Waals surface area contributed by atoms with Crippen molar-refractivity contribution in [3.8, 4) is 0 Å². The Balaban J connectivity index is 3.86. The number of nitrogens with two attached hydrogens (primary N) is 1. The van der Waals surface area contributed by atoms with Crippen molar-refractivity contribution < 1.29 is 18.3 Å². The fraction of sp³-hybridized carbons (Fsp3) is 0.833. The molecule has 0 aliphatic heterocycles. The van der Waals surface area contributed by atoms with Gasteiger partial charge in [-0.2, -0.15) is 0 Å². The van der Waals surface area contributed by atoms with Gasteiger partial charge in [-0.3, -0.25) is 0 Å². The van der Waals surface area contributed by atoms with E-state index in [4.69, 9.17) is 10.3 Å². The Kier molecular flexibility index (Phi) is 4.19. The van der Waals surface area contributed by atoms with Crippen LogP contribution in [-0.2, 0) is 15.8 Å². The normalized spacial score (nSPS) is 13.9. The topological polar surface area (TPSA) is 89.6 Å². The van der Waals surface area contributed by atoms with Gasteiger partial charge >= 0.3 is 6.09 Å². The highest BCUT2D eigenvalue weighted by Gasteiger charge is 2.21. The molecule has 1 unspecified atom stereocenters. The zero-order chi connectivity index (χ0) is 9.78. The molecule has 0 saturated carbocycles. The van der Waals surface area contributed by atoms with Crippen molar-refractivity contribution in [1.29, 1.82) is 0 Å². The second-order valence-electron chi connectivity index (χ2n) is 2.96. The highest BCUT2D eigenvalue weighted by molar-refractivity contribution is 7.79. The van der Waals surface area contributed by atoms with E-state index in [1.807, 2.05) is 0 Å². The van der Waals surface area contributed by atoms with E-state index in [0.717, 1.165) is 0 Å². The number of hydrogen-bond donors (Lipinski definition) is 2. The summed E-state index contributed by atoms with van der Waals surface area (Å²) in [4.78, 5) is 10.3. The Labute approximate surface area is 73.6 Å². The quantitative estimate of drug-likeness (QED) is 0.638. The van der Waals surface area contributed by atoms with Gasteiger partial charge in [0.05, 0.1) is 5.75 Å². The van der Waals surface area contributed by atoms with E-state index in [-0.39, 0.29) is 5.75 Å². The van der Waals surface area contributed by atoms with Gasteiger partial charge in [0.2, 0.25) is 0 Å². The van der Waals surface area contributed by atoms with Crippen LogP contribution in [0.1, 0.15) is 20.3 Å². The third-order valence-electron chi connectivity index (χ3n) is 1.26. The third kappa shape index (κ3) is 6.11. The Hall–Kier alpha value is -0.620. The predicted molar refractivity (Wildman–Crippen MR) is 45.0 cm³/mol. The molecule has 0 aliphatic carbocycles. The van der Waals surface area contributed by atoms with E-state index in [2.05, 4.69) is 4.74 Å². The van der Waals surface area contributed by atoms with E-state index in [1.54, 1.807) is 13.8 Å². The molecule has 3 N–H and O–H groups in total. The fourth-order valence-electron chi connectivity index (χ4n) is 0.656. The first-order valence-electron chi connectivity index (χ1n) is 3.39. The van der Waals surface area contributed by atoms with Gasteiger partial charge in [0.25, 0.3) is 0 Å². The molecule has 0 aliphatic rings. The number of hydrogen-bond acceptors (Lipinski definition) is 3. The maximum atomic E-state index is 10.3. The van der Waals surface area contributed by atoms with Crippen molar-refractivity contribution in [2.24, 2.45) is 5.73 Å². The van der Waals surface area contributed by atoms with Crippen LogP contribution in [0.3, 0.4) is 0 Å². The van der Waals surface area contributed by atoms with Crippen molar-refractivity contribution in [2.45, 2.75) is 25.9 Å². The maximum Gasteiger partial charge on any atom is 0.405 e. The van der Waals surface area contributed by atoms with Gasteiger partial charge in [-0.25, -0.2) is 9.00 Å². The van der Waals surface area contributed by atoms with Gasteiger partial charge in [0, 0.05) is 6.42 Å². The van der Waals surface area contributed by atoms with Gasteiger partial charge in [0.15, 0.2) is 11.1 Å². The minimum absolute atomic E-state index is 0.0697. The largest absolute Gasteiger partial charge is 0.444 e. The van der Waals surface area contributed by atoms with Crippen LogP contribution in [0, 0.1) is 0 Å². The molecule has 1 amide bonds. The average molecular weight is 195 g/mol. The van der Waals surface area contributed by atoms with E-state index in [9.17, 15) is 9.00 Å². The van der Waals surface area contributed by atoms with Crippen molar-refractivity contribution in [3.63, 3.8) is 0 Å². The lowest BCUT2D eigenvalue weighted by atomic mass is 10.1. The van der Waals surface area contributed by atoms with Crippen LogP contribution >= 0.6 is 0 Å². The number of amides is 1. The van der Waals surface area contributed by atoms with E-state index >= 15 is 0 Å². The zero-order valence-corrected chi connectivity index (χ0v) is 7.89. The molecule has 0 radical (unpaired) electrons. The van der Waals surface area contributed by atoms with Gasteiger partial charge in [-0.1, -0.05) is 0 Å². The van der Waals surface area contributed by atoms with Crippen LogP contribution < -0.4 is 5.73 Å². The average Bonchev–Trinajstić information content (AvgIpc) is 1.81. The first-order chi connectivity index (χ1) is 5.33. The molecule has 0 aromatic carbocycles. The molecular formula is C6H13NO4S. The molecule has 0 heterocycles. The van der Waals surface area contributed by atoms with Crippen molar-refractivity contribution in [2.75, 3.05) is 5.75 Å². The second kappa shape index (κ2) is 4.42. The summed E-state index contributed by atoms with van der Waals surface area (Å²) in [5.41, 5.74) is 4.01. The number of carbonyl (C=O) groups excluding carboxylic acids is 1. The van der Waals surface area contributed by atoms with Crippen molar-refractivity contribution in [3.05, 3.63) is 0 Å². The lowest BCUT2D eigenvalue weighted by Crippen LogP contribution is -2.32. The number of carbonyl (C=O) groups is 1. The lowest BCUT2D eigenvalue weighted by molar-refractivity contribution is 0.0434. The molecule has 0 bridgehead atoms. The van der Waals surface area contributed by atoms with Crippen LogP contribution in [0.15, 0.2) is 0 Å². The molecule has 1 atom stereocenters. The van der Waals surface area contributed by atoms with Crippen LogP contribution in [0.2, 0.25) is 0 Å². The Morgan fingerprint density at radius 1 is 1.67 bits per heavy atom. The summed E-state index contributed by atoms with van der Waals surface area (Å²) in [6.45, 7) is 3.26. The standard InChI is InChI=1S/C6H13NO4S/c1-6(2,11-5(7)8)3-4-12(9)10/h3-4H2,1-2H3,(H2,7,8)(H,9,10). The summed E-state index contributed by atoms with van der Waals surface area (Å²) in [6.07, 6.45) is -0.567. The van der Waals surface area contributed by atoms with Gasteiger partial charge in [-0.15, -0.1) is 0 Å². The van der Waals surface area contributed by atoms with Gasteiger partial charge in [0.1, 0.15) is 5.60 Å². The van der Waals surface area contributed by atoms with E-state index in [1.165, 1.54) is 0 Å². The van der Waals surface area contributed by atoms with Gasteiger partial charge in [-0.05, 0) is 13.8 Å².